The molecule has 1 fully saturated rings. The molecule has 30 heavy (non-hydrogen) atoms. The molecule has 0 aromatic heterocycles. The molecule has 0 N–H and O–H groups in total. The molecule has 2 aromatic rings. The number of rotatable bonds is 6. The Morgan fingerprint density at radius 1 is 1.10 bits per heavy atom. The number of carbonyl (C=O) groups excluding carboxylic acids is 2. The van der Waals surface area contributed by atoms with Crippen molar-refractivity contribution in [2.45, 2.75) is 32.2 Å². The summed E-state index contributed by atoms with van der Waals surface area (Å²) in [7, 11) is 1.88. The van der Waals surface area contributed by atoms with E-state index in [0.29, 0.717) is 25.9 Å². The number of carbonyl (C=O) groups is 2. The van der Waals surface area contributed by atoms with E-state index in [4.69, 9.17) is 11.6 Å². The van der Waals surface area contributed by atoms with Crippen LogP contribution < -0.4 is 0 Å². The topological polar surface area (TPSA) is 40.6 Å². The third-order valence-corrected chi connectivity index (χ3v) is 6.08. The molecule has 2 aromatic carbocycles. The molecule has 0 spiro atoms. The zero-order valence-electron chi connectivity index (χ0n) is 17.6. The van der Waals surface area contributed by atoms with Gasteiger partial charge in [0.15, 0.2) is 0 Å². The second kappa shape index (κ2) is 10.4. The zero-order chi connectivity index (χ0) is 21.5. The van der Waals surface area contributed by atoms with Crippen LogP contribution in [-0.2, 0) is 16.0 Å². The van der Waals surface area contributed by atoms with Crippen molar-refractivity contribution in [2.24, 2.45) is 5.92 Å². The summed E-state index contributed by atoms with van der Waals surface area (Å²) in [5.41, 5.74) is 2.17. The molecule has 3 rings (SSSR count). The molecule has 0 bridgehead atoms. The minimum absolute atomic E-state index is 0.00853. The Labute approximate surface area is 184 Å². The SMILES string of the molecule is CC(Cc1ccc(Cl)cc1)N(C)C(=O)C1CCN(C(=O)/C=C/c2ccccc2)CC1. The number of piperidine rings is 1. The van der Waals surface area contributed by atoms with E-state index in [9.17, 15) is 9.59 Å². The van der Waals surface area contributed by atoms with Crippen molar-refractivity contribution in [1.82, 2.24) is 9.80 Å². The highest BCUT2D eigenvalue weighted by atomic mass is 35.5. The summed E-state index contributed by atoms with van der Waals surface area (Å²) in [4.78, 5) is 29.1. The van der Waals surface area contributed by atoms with Gasteiger partial charge in [-0.05, 0) is 55.5 Å². The molecule has 1 aliphatic heterocycles. The van der Waals surface area contributed by atoms with Crippen LogP contribution in [0.25, 0.3) is 6.08 Å². The van der Waals surface area contributed by atoms with Gasteiger partial charge in [0.2, 0.25) is 11.8 Å². The lowest BCUT2D eigenvalue weighted by atomic mass is 9.94. The predicted molar refractivity (Wildman–Crippen MR) is 122 cm³/mol. The summed E-state index contributed by atoms with van der Waals surface area (Å²) in [6, 6.07) is 17.7. The Balaban J connectivity index is 1.48. The highest BCUT2D eigenvalue weighted by Gasteiger charge is 2.30. The van der Waals surface area contributed by atoms with Gasteiger partial charge in [-0.2, -0.15) is 0 Å². The molecular weight excluding hydrogens is 396 g/mol. The van der Waals surface area contributed by atoms with E-state index in [-0.39, 0.29) is 23.8 Å². The van der Waals surface area contributed by atoms with Gasteiger partial charge < -0.3 is 9.80 Å². The first-order valence-corrected chi connectivity index (χ1v) is 10.8. The van der Waals surface area contributed by atoms with Crippen molar-refractivity contribution < 1.29 is 9.59 Å². The van der Waals surface area contributed by atoms with Gasteiger partial charge in [0.1, 0.15) is 0 Å². The third kappa shape index (κ3) is 5.96. The average molecular weight is 425 g/mol. The molecule has 1 saturated heterocycles. The molecular formula is C25H29ClN2O2. The summed E-state index contributed by atoms with van der Waals surface area (Å²) >= 11 is 5.95. The van der Waals surface area contributed by atoms with Crippen LogP contribution >= 0.6 is 11.6 Å². The van der Waals surface area contributed by atoms with Gasteiger partial charge in [-0.15, -0.1) is 0 Å². The van der Waals surface area contributed by atoms with Crippen LogP contribution in [-0.4, -0.2) is 47.8 Å². The lowest BCUT2D eigenvalue weighted by molar-refractivity contribution is -0.139. The maximum Gasteiger partial charge on any atom is 0.246 e. The number of amides is 2. The fourth-order valence-corrected chi connectivity index (χ4v) is 3.91. The van der Waals surface area contributed by atoms with Crippen LogP contribution in [0.1, 0.15) is 30.9 Å². The Morgan fingerprint density at radius 3 is 2.37 bits per heavy atom. The number of hydrogen-bond acceptors (Lipinski definition) is 2. The summed E-state index contributed by atoms with van der Waals surface area (Å²) in [6.45, 7) is 3.31. The molecule has 5 heteroatoms. The minimum Gasteiger partial charge on any atom is -0.342 e. The van der Waals surface area contributed by atoms with E-state index in [1.54, 1.807) is 6.08 Å². The van der Waals surface area contributed by atoms with Gasteiger partial charge in [0.05, 0.1) is 0 Å². The third-order valence-electron chi connectivity index (χ3n) is 5.83. The molecule has 1 aliphatic rings. The number of hydrogen-bond donors (Lipinski definition) is 0. The fraction of sp³-hybridized carbons (Fsp3) is 0.360. The minimum atomic E-state index is -0.0233. The molecule has 0 radical (unpaired) electrons. The quantitative estimate of drug-likeness (QED) is 0.631. The molecule has 0 aliphatic carbocycles. The van der Waals surface area contributed by atoms with Crippen molar-refractivity contribution in [2.75, 3.05) is 20.1 Å². The van der Waals surface area contributed by atoms with Gasteiger partial charge in [-0.3, -0.25) is 9.59 Å². The Morgan fingerprint density at radius 2 is 1.73 bits per heavy atom. The van der Waals surface area contributed by atoms with E-state index in [2.05, 4.69) is 6.92 Å². The van der Waals surface area contributed by atoms with Gasteiger partial charge in [0.25, 0.3) is 0 Å². The van der Waals surface area contributed by atoms with Gasteiger partial charge >= 0.3 is 0 Å². The number of nitrogens with zero attached hydrogens (tertiary/aromatic N) is 2. The second-order valence-electron chi connectivity index (χ2n) is 7.97. The lowest BCUT2D eigenvalue weighted by Gasteiger charge is -2.34. The van der Waals surface area contributed by atoms with E-state index < -0.39 is 0 Å². The maximum atomic E-state index is 13.0. The van der Waals surface area contributed by atoms with Crippen LogP contribution in [0.2, 0.25) is 5.02 Å². The summed E-state index contributed by atoms with van der Waals surface area (Å²) in [5, 5.41) is 0.718. The molecule has 0 saturated carbocycles. The fourth-order valence-electron chi connectivity index (χ4n) is 3.79. The zero-order valence-corrected chi connectivity index (χ0v) is 18.4. The van der Waals surface area contributed by atoms with Crippen LogP contribution in [0.3, 0.4) is 0 Å². The van der Waals surface area contributed by atoms with E-state index in [1.807, 2.05) is 77.5 Å². The van der Waals surface area contributed by atoms with E-state index in [1.165, 1.54) is 0 Å². The number of likely N-dealkylation sites (tertiary alicyclic amines) is 1. The first-order valence-electron chi connectivity index (χ1n) is 10.5. The molecule has 1 unspecified atom stereocenters. The van der Waals surface area contributed by atoms with Gasteiger partial charge in [-0.25, -0.2) is 0 Å². The van der Waals surface area contributed by atoms with Gasteiger partial charge in [-0.1, -0.05) is 54.1 Å². The first-order chi connectivity index (χ1) is 14.4. The molecule has 1 atom stereocenters. The molecule has 1 heterocycles. The Kier molecular flexibility index (Phi) is 7.69. The first kappa shape index (κ1) is 22.1. The number of benzene rings is 2. The van der Waals surface area contributed by atoms with Crippen molar-refractivity contribution in [1.29, 1.82) is 0 Å². The maximum absolute atomic E-state index is 13.0. The van der Waals surface area contributed by atoms with Crippen LogP contribution in [0.4, 0.5) is 0 Å². The van der Waals surface area contributed by atoms with Crippen molar-refractivity contribution in [3.05, 3.63) is 76.8 Å². The summed E-state index contributed by atoms with van der Waals surface area (Å²) in [5.74, 6) is 0.155. The highest BCUT2D eigenvalue weighted by Crippen LogP contribution is 2.22. The monoisotopic (exact) mass is 424 g/mol. The van der Waals surface area contributed by atoms with Gasteiger partial charge in [0, 0.05) is 43.2 Å². The van der Waals surface area contributed by atoms with Crippen molar-refractivity contribution in [3.8, 4) is 0 Å². The Bertz CT molecular complexity index is 872. The number of likely N-dealkylation sites (N-methyl/N-ethyl adjacent to an activating group) is 1. The second-order valence-corrected chi connectivity index (χ2v) is 8.41. The van der Waals surface area contributed by atoms with Crippen molar-refractivity contribution >= 4 is 29.5 Å². The smallest absolute Gasteiger partial charge is 0.246 e. The number of halogens is 1. The van der Waals surface area contributed by atoms with Crippen LogP contribution in [0, 0.1) is 5.92 Å². The largest absolute Gasteiger partial charge is 0.342 e. The normalized spacial score (nSPS) is 15.9. The Hall–Kier alpha value is -2.59. The van der Waals surface area contributed by atoms with Crippen molar-refractivity contribution in [3.63, 3.8) is 0 Å². The summed E-state index contributed by atoms with van der Waals surface area (Å²) in [6.07, 6.45) is 5.67. The van der Waals surface area contributed by atoms with E-state index in [0.717, 1.165) is 22.6 Å². The highest BCUT2D eigenvalue weighted by molar-refractivity contribution is 6.30. The van der Waals surface area contributed by atoms with E-state index >= 15 is 0 Å². The van der Waals surface area contributed by atoms with Crippen LogP contribution in [0.5, 0.6) is 0 Å². The average Bonchev–Trinajstić information content (AvgIpc) is 2.78. The predicted octanol–water partition coefficient (Wildman–Crippen LogP) is 4.68. The molecule has 158 valence electrons. The lowest BCUT2D eigenvalue weighted by Crippen LogP contribution is -2.45. The van der Waals surface area contributed by atoms with Crippen LogP contribution in [0.15, 0.2) is 60.7 Å². The molecule has 2 amide bonds. The standard InChI is InChI=1S/C25H29ClN2O2/c1-19(18-21-8-11-23(26)12-9-21)27(2)25(30)22-14-16-28(17-15-22)24(29)13-10-20-6-4-3-5-7-20/h3-13,19,22H,14-18H2,1-2H3/b13-10+. The summed E-state index contributed by atoms with van der Waals surface area (Å²) < 4.78 is 0. The molecule has 4 nitrogen and oxygen atoms in total.